The maximum atomic E-state index is 12.4. The van der Waals surface area contributed by atoms with Crippen LogP contribution in [0.5, 0.6) is 5.88 Å². The number of nitrogens with one attached hydrogen (secondary N) is 2. The molecule has 7 nitrogen and oxygen atoms in total. The van der Waals surface area contributed by atoms with Crippen molar-refractivity contribution >= 4 is 38.8 Å². The summed E-state index contributed by atoms with van der Waals surface area (Å²) >= 11 is 1.11. The van der Waals surface area contributed by atoms with E-state index in [1.54, 1.807) is 5.38 Å². The lowest BCUT2D eigenvalue weighted by molar-refractivity contribution is -0.114. The van der Waals surface area contributed by atoms with Gasteiger partial charge in [-0.3, -0.25) is 9.52 Å². The van der Waals surface area contributed by atoms with Gasteiger partial charge < -0.3 is 10.1 Å². The van der Waals surface area contributed by atoms with Gasteiger partial charge in [-0.1, -0.05) is 6.92 Å². The molecule has 0 saturated carbocycles. The predicted molar refractivity (Wildman–Crippen MR) is 89.5 cm³/mol. The number of benzene rings is 1. The van der Waals surface area contributed by atoms with Crippen LogP contribution in [0.15, 0.2) is 34.5 Å². The molecule has 2 rings (SSSR count). The zero-order chi connectivity index (χ0) is 16.9. The first-order valence-electron chi connectivity index (χ1n) is 6.90. The van der Waals surface area contributed by atoms with Crippen LogP contribution in [-0.2, 0) is 14.8 Å². The minimum atomic E-state index is -3.75. The van der Waals surface area contributed by atoms with Gasteiger partial charge in [0.25, 0.3) is 10.0 Å². The Hall–Kier alpha value is -2.13. The molecular weight excluding hydrogens is 338 g/mol. The average molecular weight is 355 g/mol. The fraction of sp³-hybridized carbons (Fsp3) is 0.286. The van der Waals surface area contributed by atoms with Crippen molar-refractivity contribution in [2.45, 2.75) is 25.2 Å². The number of nitrogens with zero attached hydrogens (tertiary/aromatic N) is 1. The van der Waals surface area contributed by atoms with E-state index < -0.39 is 10.0 Å². The van der Waals surface area contributed by atoms with Crippen LogP contribution in [0.2, 0.25) is 0 Å². The predicted octanol–water partition coefficient (Wildman–Crippen LogP) is 2.69. The summed E-state index contributed by atoms with van der Waals surface area (Å²) in [5, 5.41) is 4.16. The van der Waals surface area contributed by atoms with Crippen LogP contribution in [0.1, 0.15) is 20.3 Å². The molecule has 0 aliphatic rings. The van der Waals surface area contributed by atoms with E-state index in [9.17, 15) is 13.2 Å². The summed E-state index contributed by atoms with van der Waals surface area (Å²) in [7, 11) is -3.75. The number of rotatable bonds is 7. The fourth-order valence-corrected chi connectivity index (χ4v) is 3.41. The molecule has 124 valence electrons. The number of ether oxygens (including phenoxy) is 1. The number of sulfonamides is 1. The summed E-state index contributed by atoms with van der Waals surface area (Å²) in [4.78, 5) is 11.1. The largest absolute Gasteiger partial charge is 0.476 e. The van der Waals surface area contributed by atoms with E-state index in [2.05, 4.69) is 14.4 Å². The highest BCUT2D eigenvalue weighted by Crippen LogP contribution is 2.28. The Labute approximate surface area is 138 Å². The number of hydrogen-bond acceptors (Lipinski definition) is 6. The SMILES string of the molecule is CCCOc1nscc1NS(=O)(=O)c1ccc(NC(C)=O)cc1. The minimum absolute atomic E-state index is 0.0826. The van der Waals surface area contributed by atoms with Crippen molar-refractivity contribution in [2.75, 3.05) is 16.6 Å². The summed E-state index contributed by atoms with van der Waals surface area (Å²) < 4.78 is 36.6. The van der Waals surface area contributed by atoms with Crippen molar-refractivity contribution < 1.29 is 17.9 Å². The number of hydrogen-bond donors (Lipinski definition) is 2. The molecule has 0 saturated heterocycles. The topological polar surface area (TPSA) is 97.4 Å². The van der Waals surface area contributed by atoms with Crippen LogP contribution in [0.3, 0.4) is 0 Å². The molecule has 1 amide bonds. The Balaban J connectivity index is 2.15. The maximum Gasteiger partial charge on any atom is 0.262 e. The standard InChI is InChI=1S/C14H17N3O4S2/c1-3-8-21-14-13(9-22-16-14)17-23(19,20)12-6-4-11(5-7-12)15-10(2)18/h4-7,9,17H,3,8H2,1-2H3,(H,15,18). The highest BCUT2D eigenvalue weighted by Gasteiger charge is 2.18. The van der Waals surface area contributed by atoms with Gasteiger partial charge in [-0.15, -0.1) is 0 Å². The first kappa shape index (κ1) is 17.2. The van der Waals surface area contributed by atoms with Crippen LogP contribution in [-0.4, -0.2) is 25.3 Å². The Morgan fingerprint density at radius 1 is 1.30 bits per heavy atom. The second-order valence-corrected chi connectivity index (χ2v) is 7.00. The van der Waals surface area contributed by atoms with Gasteiger partial charge in [-0.05, 0) is 42.2 Å². The highest BCUT2D eigenvalue weighted by molar-refractivity contribution is 7.92. The molecule has 0 aliphatic carbocycles. The third-order valence-corrected chi connectivity index (χ3v) is 4.70. The van der Waals surface area contributed by atoms with E-state index in [0.717, 1.165) is 18.0 Å². The first-order chi connectivity index (χ1) is 10.9. The van der Waals surface area contributed by atoms with Gasteiger partial charge in [-0.25, -0.2) is 8.42 Å². The van der Waals surface area contributed by atoms with Gasteiger partial charge in [-0.2, -0.15) is 4.37 Å². The van der Waals surface area contributed by atoms with Crippen LogP contribution in [0.25, 0.3) is 0 Å². The van der Waals surface area contributed by atoms with Crippen LogP contribution < -0.4 is 14.8 Å². The smallest absolute Gasteiger partial charge is 0.262 e. The molecule has 1 aromatic carbocycles. The lowest BCUT2D eigenvalue weighted by Gasteiger charge is -2.09. The molecule has 0 unspecified atom stereocenters. The lowest BCUT2D eigenvalue weighted by Crippen LogP contribution is -2.14. The van der Waals surface area contributed by atoms with Gasteiger partial charge >= 0.3 is 0 Å². The van der Waals surface area contributed by atoms with Gasteiger partial charge in [0.05, 0.1) is 11.5 Å². The van der Waals surface area contributed by atoms with Gasteiger partial charge in [0, 0.05) is 18.0 Å². The molecule has 1 heterocycles. The highest BCUT2D eigenvalue weighted by atomic mass is 32.2. The summed E-state index contributed by atoms with van der Waals surface area (Å²) in [6.45, 7) is 3.80. The first-order valence-corrected chi connectivity index (χ1v) is 9.22. The Kier molecular flexibility index (Phi) is 5.56. The zero-order valence-corrected chi connectivity index (χ0v) is 14.3. The third-order valence-electron chi connectivity index (χ3n) is 2.71. The van der Waals surface area contributed by atoms with E-state index in [1.807, 2.05) is 6.92 Å². The Bertz CT molecular complexity index is 770. The molecule has 23 heavy (non-hydrogen) atoms. The van der Waals surface area contributed by atoms with E-state index in [0.29, 0.717) is 18.0 Å². The van der Waals surface area contributed by atoms with E-state index in [-0.39, 0.29) is 16.7 Å². The van der Waals surface area contributed by atoms with Crippen molar-refractivity contribution in [2.24, 2.45) is 0 Å². The Morgan fingerprint density at radius 3 is 2.61 bits per heavy atom. The Morgan fingerprint density at radius 2 is 2.00 bits per heavy atom. The normalized spacial score (nSPS) is 11.0. The summed E-state index contributed by atoms with van der Waals surface area (Å²) in [5.74, 6) is 0.0519. The number of amides is 1. The summed E-state index contributed by atoms with van der Waals surface area (Å²) in [5.41, 5.74) is 0.843. The van der Waals surface area contributed by atoms with Crippen molar-refractivity contribution in [3.63, 3.8) is 0 Å². The monoisotopic (exact) mass is 355 g/mol. The van der Waals surface area contributed by atoms with E-state index >= 15 is 0 Å². The van der Waals surface area contributed by atoms with Crippen LogP contribution in [0.4, 0.5) is 11.4 Å². The molecule has 0 bridgehead atoms. The minimum Gasteiger partial charge on any atom is -0.476 e. The quantitative estimate of drug-likeness (QED) is 0.796. The molecule has 2 N–H and O–H groups in total. The van der Waals surface area contributed by atoms with Crippen molar-refractivity contribution in [3.05, 3.63) is 29.6 Å². The maximum absolute atomic E-state index is 12.4. The third kappa shape index (κ3) is 4.67. The molecule has 1 aromatic heterocycles. The zero-order valence-electron chi connectivity index (χ0n) is 12.7. The number of carbonyl (C=O) groups excluding carboxylic acids is 1. The fourth-order valence-electron chi connectivity index (χ4n) is 1.72. The summed E-state index contributed by atoms with van der Waals surface area (Å²) in [6, 6.07) is 5.88. The van der Waals surface area contributed by atoms with Crippen molar-refractivity contribution in [3.8, 4) is 5.88 Å². The van der Waals surface area contributed by atoms with E-state index in [4.69, 9.17) is 4.74 Å². The number of anilines is 2. The molecule has 9 heteroatoms. The van der Waals surface area contributed by atoms with E-state index in [1.165, 1.54) is 31.2 Å². The second kappa shape index (κ2) is 7.42. The van der Waals surface area contributed by atoms with Gasteiger partial charge in [0.15, 0.2) is 0 Å². The second-order valence-electron chi connectivity index (χ2n) is 4.69. The molecule has 0 radical (unpaired) electrons. The molecule has 0 atom stereocenters. The van der Waals surface area contributed by atoms with Crippen molar-refractivity contribution in [1.82, 2.24) is 4.37 Å². The van der Waals surface area contributed by atoms with Gasteiger partial charge in [0.2, 0.25) is 11.8 Å². The van der Waals surface area contributed by atoms with Crippen LogP contribution in [0, 0.1) is 0 Å². The van der Waals surface area contributed by atoms with Crippen molar-refractivity contribution in [1.29, 1.82) is 0 Å². The summed E-state index contributed by atoms with van der Waals surface area (Å²) in [6.07, 6.45) is 0.800. The number of carbonyl (C=O) groups is 1. The molecule has 0 aliphatic heterocycles. The average Bonchev–Trinajstić information content (AvgIpc) is 2.91. The van der Waals surface area contributed by atoms with Gasteiger partial charge in [0.1, 0.15) is 5.69 Å². The molecular formula is C14H17N3O4S2. The number of aromatic nitrogens is 1. The molecule has 2 aromatic rings. The molecule has 0 fully saturated rings. The lowest BCUT2D eigenvalue weighted by atomic mass is 10.3. The van der Waals surface area contributed by atoms with Crippen LogP contribution >= 0.6 is 11.5 Å². The molecule has 0 spiro atoms.